The molecule has 0 unspecified atom stereocenters. The molecule has 8 nitrogen and oxygen atoms in total. The van der Waals surface area contributed by atoms with E-state index in [1.54, 1.807) is 0 Å². The van der Waals surface area contributed by atoms with Gasteiger partial charge in [0.1, 0.15) is 17.7 Å². The first-order chi connectivity index (χ1) is 8.02. The van der Waals surface area contributed by atoms with Gasteiger partial charge in [-0.1, -0.05) is 0 Å². The van der Waals surface area contributed by atoms with Crippen molar-refractivity contribution in [1.29, 1.82) is 0 Å². The molecule has 0 aliphatic carbocycles. The van der Waals surface area contributed by atoms with E-state index in [0.717, 1.165) is 0 Å². The van der Waals surface area contributed by atoms with Crippen molar-refractivity contribution in [3.05, 3.63) is 30.8 Å². The Labute approximate surface area is 103 Å². The minimum atomic E-state index is -0.851. The zero-order chi connectivity index (χ0) is 12.6. The zero-order valence-electron chi connectivity index (χ0n) is 8.21. The van der Waals surface area contributed by atoms with Crippen LogP contribution in [0.4, 0.5) is 11.4 Å². The number of nitro benzene ring substituents is 2. The lowest BCUT2D eigenvalue weighted by Gasteiger charge is -2.18. The fourth-order valence-corrected chi connectivity index (χ4v) is 2.01. The molecule has 17 heavy (non-hydrogen) atoms. The number of fused-ring (bicyclic) bond motifs is 1. The Morgan fingerprint density at radius 3 is 2.29 bits per heavy atom. The van der Waals surface area contributed by atoms with Gasteiger partial charge < -0.3 is 9.47 Å². The second-order valence-corrected chi connectivity index (χ2v) is 3.95. The Morgan fingerprint density at radius 1 is 1.12 bits per heavy atom. The molecule has 0 N–H and O–H groups in total. The van der Waals surface area contributed by atoms with Gasteiger partial charge in [0, 0.05) is 6.07 Å². The molecule has 0 bridgehead atoms. The summed E-state index contributed by atoms with van der Waals surface area (Å²) in [6.07, 6.45) is 0. The van der Waals surface area contributed by atoms with Crippen LogP contribution in [0, 0.1) is 20.2 Å². The summed E-state index contributed by atoms with van der Waals surface area (Å²) in [5.41, 5.74) is -1.33. The molecule has 1 aliphatic heterocycles. The highest BCUT2D eigenvalue weighted by molar-refractivity contribution is 9.10. The van der Waals surface area contributed by atoms with Crippen molar-refractivity contribution < 1.29 is 19.3 Å². The molecule has 0 aromatic heterocycles. The summed E-state index contributed by atoms with van der Waals surface area (Å²) in [5.74, 6) is -0.0726. The lowest BCUT2D eigenvalue weighted by atomic mass is 10.2. The highest BCUT2D eigenvalue weighted by atomic mass is 79.9. The third-order valence-electron chi connectivity index (χ3n) is 2.10. The van der Waals surface area contributed by atoms with Crippen molar-refractivity contribution in [2.75, 3.05) is 13.2 Å². The number of nitro groups is 2. The minimum absolute atomic E-state index is 0.0153. The molecular weight excluding hydrogens is 300 g/mol. The van der Waals surface area contributed by atoms with Gasteiger partial charge in [-0.25, -0.2) is 0 Å². The first kappa shape index (κ1) is 11.6. The number of benzene rings is 1. The van der Waals surface area contributed by atoms with Crippen LogP contribution in [-0.4, -0.2) is 23.1 Å². The standard InChI is InChI=1S/C8H5BrN2O6/c9-4-3-5-8(17-2-1-16-5)7(11(14)15)6(4)10(12)13/h3H,1-2H2. The van der Waals surface area contributed by atoms with E-state index >= 15 is 0 Å². The van der Waals surface area contributed by atoms with Crippen LogP contribution in [0.25, 0.3) is 0 Å². The molecule has 0 fully saturated rings. The summed E-state index contributed by atoms with van der Waals surface area (Å²) in [4.78, 5) is 20.0. The summed E-state index contributed by atoms with van der Waals surface area (Å²) >= 11 is 2.91. The van der Waals surface area contributed by atoms with Crippen molar-refractivity contribution in [1.82, 2.24) is 0 Å². The number of rotatable bonds is 2. The van der Waals surface area contributed by atoms with Crippen LogP contribution in [0.3, 0.4) is 0 Å². The molecule has 0 spiro atoms. The summed E-state index contributed by atoms with van der Waals surface area (Å²) in [6, 6.07) is 1.29. The summed E-state index contributed by atoms with van der Waals surface area (Å²) in [6.45, 7) is 0.362. The van der Waals surface area contributed by atoms with Gasteiger partial charge >= 0.3 is 11.4 Å². The van der Waals surface area contributed by atoms with Crippen molar-refractivity contribution in [3.8, 4) is 11.5 Å². The largest absolute Gasteiger partial charge is 0.486 e. The Bertz CT molecular complexity index is 517. The molecule has 1 heterocycles. The SMILES string of the molecule is O=[N+]([O-])c1c(Br)cc2c(c1[N+](=O)[O-])OCCO2. The van der Waals surface area contributed by atoms with Gasteiger partial charge in [0.2, 0.25) is 5.75 Å². The second-order valence-electron chi connectivity index (χ2n) is 3.09. The Kier molecular flexibility index (Phi) is 2.84. The lowest BCUT2D eigenvalue weighted by molar-refractivity contribution is -0.423. The third kappa shape index (κ3) is 1.88. The molecule has 0 saturated heterocycles. The van der Waals surface area contributed by atoms with Crippen LogP contribution < -0.4 is 9.47 Å². The van der Waals surface area contributed by atoms with E-state index in [0.29, 0.717) is 0 Å². The predicted octanol–water partition coefficient (Wildman–Crippen LogP) is 2.04. The van der Waals surface area contributed by atoms with Gasteiger partial charge in [0.25, 0.3) is 0 Å². The Balaban J connectivity index is 2.76. The molecule has 1 aromatic carbocycles. The quantitative estimate of drug-likeness (QED) is 0.611. The van der Waals surface area contributed by atoms with Crippen LogP contribution in [0.15, 0.2) is 10.5 Å². The van der Waals surface area contributed by atoms with E-state index in [-0.39, 0.29) is 29.2 Å². The number of ether oxygens (including phenoxy) is 2. The van der Waals surface area contributed by atoms with E-state index in [4.69, 9.17) is 9.47 Å². The van der Waals surface area contributed by atoms with Crippen LogP contribution in [0.2, 0.25) is 0 Å². The third-order valence-corrected chi connectivity index (χ3v) is 2.70. The molecule has 1 aliphatic rings. The maximum atomic E-state index is 10.9. The molecule has 0 saturated carbocycles. The fraction of sp³-hybridized carbons (Fsp3) is 0.250. The van der Waals surface area contributed by atoms with E-state index in [2.05, 4.69) is 15.9 Å². The molecule has 0 atom stereocenters. The van der Waals surface area contributed by atoms with E-state index in [1.807, 2.05) is 0 Å². The average molecular weight is 305 g/mol. The Morgan fingerprint density at radius 2 is 1.71 bits per heavy atom. The number of nitrogens with zero attached hydrogens (tertiary/aromatic N) is 2. The monoisotopic (exact) mass is 304 g/mol. The average Bonchev–Trinajstić information content (AvgIpc) is 2.26. The molecule has 0 radical (unpaired) electrons. The van der Waals surface area contributed by atoms with Crippen LogP contribution in [-0.2, 0) is 0 Å². The van der Waals surface area contributed by atoms with Crippen LogP contribution >= 0.6 is 15.9 Å². The summed E-state index contributed by atoms with van der Waals surface area (Å²) in [7, 11) is 0. The highest BCUT2D eigenvalue weighted by Gasteiger charge is 2.37. The molecule has 0 amide bonds. The van der Waals surface area contributed by atoms with Crippen LogP contribution in [0.5, 0.6) is 11.5 Å². The number of halogens is 1. The lowest BCUT2D eigenvalue weighted by Crippen LogP contribution is -2.17. The van der Waals surface area contributed by atoms with Crippen molar-refractivity contribution in [3.63, 3.8) is 0 Å². The van der Waals surface area contributed by atoms with Gasteiger partial charge in [-0.2, -0.15) is 0 Å². The van der Waals surface area contributed by atoms with E-state index in [9.17, 15) is 20.2 Å². The van der Waals surface area contributed by atoms with Gasteiger partial charge in [0.05, 0.1) is 9.85 Å². The summed E-state index contributed by atoms with van der Waals surface area (Å²) in [5, 5.41) is 21.7. The van der Waals surface area contributed by atoms with Gasteiger partial charge in [-0.15, -0.1) is 0 Å². The number of hydrogen-bond acceptors (Lipinski definition) is 6. The van der Waals surface area contributed by atoms with Gasteiger partial charge in [-0.3, -0.25) is 20.2 Å². The Hall–Kier alpha value is -1.90. The van der Waals surface area contributed by atoms with E-state index in [1.165, 1.54) is 6.07 Å². The number of hydrogen-bond donors (Lipinski definition) is 0. The smallest absolute Gasteiger partial charge is 0.392 e. The topological polar surface area (TPSA) is 105 Å². The van der Waals surface area contributed by atoms with Crippen LogP contribution in [0.1, 0.15) is 0 Å². The fourth-order valence-electron chi connectivity index (χ4n) is 1.47. The predicted molar refractivity (Wildman–Crippen MR) is 58.4 cm³/mol. The second kappa shape index (κ2) is 4.17. The van der Waals surface area contributed by atoms with E-state index < -0.39 is 21.2 Å². The first-order valence-electron chi connectivity index (χ1n) is 4.43. The zero-order valence-corrected chi connectivity index (χ0v) is 9.80. The maximum absolute atomic E-state index is 10.9. The molecular formula is C8H5BrN2O6. The van der Waals surface area contributed by atoms with Crippen molar-refractivity contribution in [2.45, 2.75) is 0 Å². The highest BCUT2D eigenvalue weighted by Crippen LogP contribution is 2.48. The van der Waals surface area contributed by atoms with Crippen molar-refractivity contribution >= 4 is 27.3 Å². The van der Waals surface area contributed by atoms with Gasteiger partial charge in [-0.05, 0) is 15.9 Å². The maximum Gasteiger partial charge on any atom is 0.392 e. The van der Waals surface area contributed by atoms with Crippen molar-refractivity contribution in [2.24, 2.45) is 0 Å². The first-order valence-corrected chi connectivity index (χ1v) is 5.22. The minimum Gasteiger partial charge on any atom is -0.486 e. The molecule has 1 aromatic rings. The summed E-state index contributed by atoms with van der Waals surface area (Å²) < 4.78 is 10.2. The normalized spacial score (nSPS) is 13.2. The molecule has 2 rings (SSSR count). The molecule has 9 heteroatoms. The van der Waals surface area contributed by atoms with Gasteiger partial charge in [0.15, 0.2) is 5.75 Å². The molecule has 90 valence electrons.